The Hall–Kier alpha value is -2.04. The van der Waals surface area contributed by atoms with Crippen molar-refractivity contribution >= 4 is 5.82 Å². The second kappa shape index (κ2) is 3.02. The molecule has 2 rings (SSSR count). The number of anilines is 1. The Morgan fingerprint density at radius 1 is 1.50 bits per heavy atom. The quantitative estimate of drug-likeness (QED) is 0.681. The van der Waals surface area contributed by atoms with E-state index < -0.39 is 0 Å². The molecule has 0 aliphatic rings. The maximum absolute atomic E-state index is 11.0. The molecule has 0 radical (unpaired) electrons. The van der Waals surface area contributed by atoms with E-state index >= 15 is 0 Å². The molecule has 3 N–H and O–H groups in total. The molecule has 5 nitrogen and oxygen atoms in total. The van der Waals surface area contributed by atoms with Gasteiger partial charge in [-0.25, -0.2) is 0 Å². The Balaban J connectivity index is 2.54. The first-order chi connectivity index (χ1) is 6.66. The van der Waals surface area contributed by atoms with Crippen LogP contribution in [0.4, 0.5) is 5.82 Å². The van der Waals surface area contributed by atoms with Crippen LogP contribution in [0.25, 0.3) is 11.4 Å². The molecule has 72 valence electrons. The van der Waals surface area contributed by atoms with Gasteiger partial charge in [0.25, 0.3) is 0 Å². The number of aryl methyl sites for hydroxylation is 1. The second-order valence-electron chi connectivity index (χ2n) is 3.01. The summed E-state index contributed by atoms with van der Waals surface area (Å²) in [6, 6.07) is 6.63. The van der Waals surface area contributed by atoms with Gasteiger partial charge in [-0.2, -0.15) is 5.10 Å². The van der Waals surface area contributed by atoms with Crippen LogP contribution in [0.1, 0.15) is 0 Å². The minimum absolute atomic E-state index is 0.147. The molecule has 5 heteroatoms. The van der Waals surface area contributed by atoms with E-state index in [1.807, 2.05) is 0 Å². The van der Waals surface area contributed by atoms with Crippen molar-refractivity contribution in [1.82, 2.24) is 14.8 Å². The number of nitrogens with zero attached hydrogens (tertiary/aromatic N) is 2. The molecule has 0 aliphatic carbocycles. The van der Waals surface area contributed by atoms with Gasteiger partial charge in [0.05, 0.1) is 5.69 Å². The van der Waals surface area contributed by atoms with Crippen LogP contribution < -0.4 is 11.3 Å². The van der Waals surface area contributed by atoms with Crippen molar-refractivity contribution < 1.29 is 0 Å². The van der Waals surface area contributed by atoms with Gasteiger partial charge < -0.3 is 10.7 Å². The van der Waals surface area contributed by atoms with Crippen molar-refractivity contribution in [2.75, 3.05) is 5.73 Å². The Bertz CT molecular complexity index is 492. The van der Waals surface area contributed by atoms with Gasteiger partial charge in [0.2, 0.25) is 5.56 Å². The maximum atomic E-state index is 11.0. The number of hydrogen-bond donors (Lipinski definition) is 2. The zero-order valence-corrected chi connectivity index (χ0v) is 7.69. The molecule has 0 spiro atoms. The van der Waals surface area contributed by atoms with Gasteiger partial charge in [-0.15, -0.1) is 0 Å². The Morgan fingerprint density at radius 2 is 2.29 bits per heavy atom. The van der Waals surface area contributed by atoms with Gasteiger partial charge in [0, 0.05) is 19.2 Å². The number of hydrogen-bond acceptors (Lipinski definition) is 3. The molecular weight excluding hydrogens is 180 g/mol. The SMILES string of the molecule is Cn1nc(-c2cccc(=O)[nH]2)cc1N. The fraction of sp³-hybridized carbons (Fsp3) is 0.111. The van der Waals surface area contributed by atoms with Crippen molar-refractivity contribution in [1.29, 1.82) is 0 Å². The zero-order valence-electron chi connectivity index (χ0n) is 7.69. The van der Waals surface area contributed by atoms with Crippen LogP contribution in [0.3, 0.4) is 0 Å². The highest BCUT2D eigenvalue weighted by molar-refractivity contribution is 5.57. The number of nitrogen functional groups attached to an aromatic ring is 1. The summed E-state index contributed by atoms with van der Waals surface area (Å²) in [5.74, 6) is 0.560. The number of aromatic nitrogens is 3. The molecule has 0 amide bonds. The van der Waals surface area contributed by atoms with Crippen LogP contribution in [-0.4, -0.2) is 14.8 Å². The number of rotatable bonds is 1. The van der Waals surface area contributed by atoms with E-state index in [1.54, 1.807) is 29.9 Å². The molecule has 0 aliphatic heterocycles. The predicted molar refractivity (Wildman–Crippen MR) is 53.7 cm³/mol. The first kappa shape index (κ1) is 8.55. The van der Waals surface area contributed by atoms with Crippen LogP contribution in [0.5, 0.6) is 0 Å². The highest BCUT2D eigenvalue weighted by Gasteiger charge is 2.04. The number of aromatic amines is 1. The summed E-state index contributed by atoms with van der Waals surface area (Å²) in [5.41, 5.74) is 6.82. The van der Waals surface area contributed by atoms with Gasteiger partial charge in [-0.1, -0.05) is 6.07 Å². The minimum atomic E-state index is -0.147. The monoisotopic (exact) mass is 190 g/mol. The van der Waals surface area contributed by atoms with E-state index in [9.17, 15) is 4.79 Å². The lowest BCUT2D eigenvalue weighted by molar-refractivity contribution is 0.781. The average Bonchev–Trinajstić information content (AvgIpc) is 2.47. The summed E-state index contributed by atoms with van der Waals surface area (Å²) < 4.78 is 1.56. The summed E-state index contributed by atoms with van der Waals surface area (Å²) in [6.45, 7) is 0. The first-order valence-corrected chi connectivity index (χ1v) is 4.16. The van der Waals surface area contributed by atoms with Crippen molar-refractivity contribution in [2.45, 2.75) is 0 Å². The maximum Gasteiger partial charge on any atom is 0.248 e. The molecule has 0 saturated heterocycles. The summed E-state index contributed by atoms with van der Waals surface area (Å²) in [7, 11) is 1.75. The van der Waals surface area contributed by atoms with Crippen LogP contribution in [-0.2, 0) is 7.05 Å². The fourth-order valence-corrected chi connectivity index (χ4v) is 1.21. The molecule has 14 heavy (non-hydrogen) atoms. The molecule has 0 atom stereocenters. The zero-order chi connectivity index (χ0) is 10.1. The topological polar surface area (TPSA) is 76.7 Å². The Kier molecular flexibility index (Phi) is 1.85. The van der Waals surface area contributed by atoms with Crippen molar-refractivity contribution in [3.8, 4) is 11.4 Å². The van der Waals surface area contributed by atoms with E-state index in [2.05, 4.69) is 10.1 Å². The van der Waals surface area contributed by atoms with Gasteiger partial charge in [-0.3, -0.25) is 9.48 Å². The third kappa shape index (κ3) is 1.39. The van der Waals surface area contributed by atoms with Gasteiger partial charge in [0.15, 0.2) is 0 Å². The predicted octanol–water partition coefficient (Wildman–Crippen LogP) is 0.358. The first-order valence-electron chi connectivity index (χ1n) is 4.16. The van der Waals surface area contributed by atoms with Crippen LogP contribution in [0, 0.1) is 0 Å². The average molecular weight is 190 g/mol. The second-order valence-corrected chi connectivity index (χ2v) is 3.01. The van der Waals surface area contributed by atoms with E-state index in [0.29, 0.717) is 17.2 Å². The third-order valence-corrected chi connectivity index (χ3v) is 1.96. The van der Waals surface area contributed by atoms with Crippen molar-refractivity contribution in [3.63, 3.8) is 0 Å². The molecule has 0 saturated carbocycles. The smallest absolute Gasteiger partial charge is 0.248 e. The minimum Gasteiger partial charge on any atom is -0.384 e. The van der Waals surface area contributed by atoms with Crippen LogP contribution in [0.15, 0.2) is 29.1 Å². The highest BCUT2D eigenvalue weighted by atomic mass is 16.1. The van der Waals surface area contributed by atoms with Gasteiger partial charge in [0.1, 0.15) is 11.5 Å². The van der Waals surface area contributed by atoms with Gasteiger partial charge in [-0.05, 0) is 6.07 Å². The number of nitrogens with one attached hydrogen (secondary N) is 1. The lowest BCUT2D eigenvalue weighted by Gasteiger charge is -1.93. The van der Waals surface area contributed by atoms with Crippen molar-refractivity contribution in [2.24, 2.45) is 7.05 Å². The third-order valence-electron chi connectivity index (χ3n) is 1.96. The van der Waals surface area contributed by atoms with E-state index in [-0.39, 0.29) is 5.56 Å². The van der Waals surface area contributed by atoms with Crippen LogP contribution in [0.2, 0.25) is 0 Å². The molecular formula is C9H10N4O. The van der Waals surface area contributed by atoms with Crippen molar-refractivity contribution in [3.05, 3.63) is 34.6 Å². The largest absolute Gasteiger partial charge is 0.384 e. The molecule has 2 aromatic rings. The number of H-pyrrole nitrogens is 1. The standard InChI is InChI=1S/C9H10N4O/c1-13-8(10)5-7(12-13)6-3-2-4-9(14)11-6/h2-5H,10H2,1H3,(H,11,14). The summed E-state index contributed by atoms with van der Waals surface area (Å²) in [6.07, 6.45) is 0. The van der Waals surface area contributed by atoms with E-state index in [0.717, 1.165) is 0 Å². The lowest BCUT2D eigenvalue weighted by atomic mass is 10.3. The van der Waals surface area contributed by atoms with Crippen LogP contribution >= 0.6 is 0 Å². The molecule has 2 heterocycles. The molecule has 0 bridgehead atoms. The Labute approximate surface area is 80.2 Å². The normalized spacial score (nSPS) is 10.4. The fourth-order valence-electron chi connectivity index (χ4n) is 1.21. The van der Waals surface area contributed by atoms with Gasteiger partial charge >= 0.3 is 0 Å². The summed E-state index contributed by atoms with van der Waals surface area (Å²) >= 11 is 0. The van der Waals surface area contributed by atoms with E-state index in [4.69, 9.17) is 5.73 Å². The molecule has 0 aromatic carbocycles. The summed E-state index contributed by atoms with van der Waals surface area (Å²) in [4.78, 5) is 13.7. The summed E-state index contributed by atoms with van der Waals surface area (Å²) in [5, 5.41) is 4.14. The number of nitrogens with two attached hydrogens (primary N) is 1. The Morgan fingerprint density at radius 3 is 2.86 bits per heavy atom. The van der Waals surface area contributed by atoms with E-state index in [1.165, 1.54) is 6.07 Å². The number of pyridine rings is 1. The molecule has 2 aromatic heterocycles. The molecule has 0 unspecified atom stereocenters. The lowest BCUT2D eigenvalue weighted by Crippen LogP contribution is -2.03. The molecule has 0 fully saturated rings. The highest BCUT2D eigenvalue weighted by Crippen LogP contribution is 2.15.